The predicted octanol–water partition coefficient (Wildman–Crippen LogP) is 4.66. The Morgan fingerprint density at radius 1 is 1.19 bits per heavy atom. The van der Waals surface area contributed by atoms with Gasteiger partial charge in [-0.1, -0.05) is 18.2 Å². The summed E-state index contributed by atoms with van der Waals surface area (Å²) < 4.78 is 6.67. The van der Waals surface area contributed by atoms with E-state index in [0.717, 1.165) is 39.2 Å². The van der Waals surface area contributed by atoms with Gasteiger partial charge in [-0.3, -0.25) is 9.59 Å². The third kappa shape index (κ3) is 3.27. The number of Topliss-reactive ketones (excluding diaryl/α,β-unsaturated/α-hetero) is 1. The number of carbonyl (C=O) groups excluding carboxylic acids is 2. The fourth-order valence-corrected chi connectivity index (χ4v) is 4.37. The monoisotopic (exact) mass is 365 g/mol. The number of ketones is 1. The van der Waals surface area contributed by atoms with E-state index in [2.05, 4.69) is 4.98 Å². The van der Waals surface area contributed by atoms with Gasteiger partial charge in [-0.2, -0.15) is 0 Å². The zero-order chi connectivity index (χ0) is 18.1. The van der Waals surface area contributed by atoms with Crippen molar-refractivity contribution in [1.29, 1.82) is 0 Å². The van der Waals surface area contributed by atoms with Gasteiger partial charge in [0.1, 0.15) is 5.75 Å². The Bertz CT molecular complexity index is 973. The number of esters is 1. The maximum atomic E-state index is 12.3. The summed E-state index contributed by atoms with van der Waals surface area (Å²) in [7, 11) is 0. The number of carbonyl (C=O) groups is 2. The molecule has 0 spiro atoms. The number of para-hydroxylation sites is 1. The molecule has 1 aliphatic carbocycles. The van der Waals surface area contributed by atoms with Crippen molar-refractivity contribution >= 4 is 33.3 Å². The first-order valence-electron chi connectivity index (χ1n) is 8.82. The van der Waals surface area contributed by atoms with Crippen LogP contribution in [0.5, 0.6) is 5.75 Å². The van der Waals surface area contributed by atoms with Crippen LogP contribution in [0, 0.1) is 6.92 Å². The molecule has 2 aromatic carbocycles. The van der Waals surface area contributed by atoms with Gasteiger partial charge < -0.3 is 4.74 Å². The van der Waals surface area contributed by atoms with Crippen molar-refractivity contribution in [3.8, 4) is 5.75 Å². The predicted molar refractivity (Wildman–Crippen MR) is 102 cm³/mol. The highest BCUT2D eigenvalue weighted by molar-refractivity contribution is 7.18. The van der Waals surface area contributed by atoms with Crippen molar-refractivity contribution in [1.82, 2.24) is 4.98 Å². The molecule has 0 fully saturated rings. The van der Waals surface area contributed by atoms with Crippen LogP contribution in [-0.2, 0) is 17.6 Å². The number of nitrogens with zero attached hydrogens (tertiary/aromatic N) is 1. The number of aromatic nitrogens is 1. The van der Waals surface area contributed by atoms with E-state index in [-0.39, 0.29) is 18.2 Å². The number of benzene rings is 2. The molecule has 1 aromatic heterocycles. The largest absolute Gasteiger partial charge is 0.426 e. The van der Waals surface area contributed by atoms with Crippen LogP contribution in [0.2, 0.25) is 0 Å². The molecule has 26 heavy (non-hydrogen) atoms. The minimum absolute atomic E-state index is 0.0731. The molecule has 0 unspecified atom stereocenters. The molecule has 5 heteroatoms. The quantitative estimate of drug-likeness (QED) is 0.498. The molecule has 132 valence electrons. The Hall–Kier alpha value is -2.53. The van der Waals surface area contributed by atoms with E-state index in [9.17, 15) is 9.59 Å². The molecule has 4 nitrogen and oxygen atoms in total. The Morgan fingerprint density at radius 2 is 2.04 bits per heavy atom. The van der Waals surface area contributed by atoms with Gasteiger partial charge in [0, 0.05) is 12.8 Å². The SMILES string of the molecule is Cc1ccc(OC(=O)CCc2nc3ccccc3s2)c2c1CCCC2=O. The highest BCUT2D eigenvalue weighted by atomic mass is 32.1. The zero-order valence-electron chi connectivity index (χ0n) is 14.6. The Kier molecular flexibility index (Phi) is 4.55. The number of hydrogen-bond donors (Lipinski definition) is 0. The molecule has 0 amide bonds. The van der Waals surface area contributed by atoms with Gasteiger partial charge in [0.2, 0.25) is 0 Å². The second-order valence-corrected chi connectivity index (χ2v) is 7.68. The summed E-state index contributed by atoms with van der Waals surface area (Å²) in [5.41, 5.74) is 3.67. The van der Waals surface area contributed by atoms with Crippen molar-refractivity contribution in [3.63, 3.8) is 0 Å². The summed E-state index contributed by atoms with van der Waals surface area (Å²) in [4.78, 5) is 29.2. The highest BCUT2D eigenvalue weighted by Gasteiger charge is 2.24. The number of ether oxygens (including phenoxy) is 1. The summed E-state index contributed by atoms with van der Waals surface area (Å²) in [5.74, 6) is 0.155. The lowest BCUT2D eigenvalue weighted by molar-refractivity contribution is -0.134. The lowest BCUT2D eigenvalue weighted by atomic mass is 9.87. The first kappa shape index (κ1) is 16.9. The number of aryl methyl sites for hydroxylation is 2. The fraction of sp³-hybridized carbons (Fsp3) is 0.286. The van der Waals surface area contributed by atoms with Crippen molar-refractivity contribution in [2.75, 3.05) is 0 Å². The first-order valence-corrected chi connectivity index (χ1v) is 9.64. The summed E-state index contributed by atoms with van der Waals surface area (Å²) in [6, 6.07) is 11.6. The molecule has 4 rings (SSSR count). The second kappa shape index (κ2) is 7.00. The van der Waals surface area contributed by atoms with Gasteiger partial charge in [0.25, 0.3) is 0 Å². The number of rotatable bonds is 4. The Labute approximate surface area is 155 Å². The molecule has 0 atom stereocenters. The molecular weight excluding hydrogens is 346 g/mol. The molecule has 1 aliphatic rings. The minimum atomic E-state index is -0.325. The standard InChI is InChI=1S/C21H19NO3S/c1-13-9-10-17(21-14(13)5-4-7-16(21)23)25-20(24)12-11-19-22-15-6-2-3-8-18(15)26-19/h2-3,6,8-10H,4-5,7,11-12H2,1H3. The van der Waals surface area contributed by atoms with Crippen LogP contribution >= 0.6 is 11.3 Å². The molecule has 3 aromatic rings. The molecule has 0 bridgehead atoms. The van der Waals surface area contributed by atoms with E-state index in [1.807, 2.05) is 37.3 Å². The fourth-order valence-electron chi connectivity index (χ4n) is 3.40. The average molecular weight is 365 g/mol. The average Bonchev–Trinajstić information content (AvgIpc) is 3.06. The third-order valence-corrected chi connectivity index (χ3v) is 5.82. The van der Waals surface area contributed by atoms with Crippen molar-refractivity contribution in [2.24, 2.45) is 0 Å². The van der Waals surface area contributed by atoms with Crippen molar-refractivity contribution in [3.05, 3.63) is 58.1 Å². The summed E-state index contributed by atoms with van der Waals surface area (Å²) in [6.45, 7) is 2.00. The van der Waals surface area contributed by atoms with Gasteiger partial charge in [-0.15, -0.1) is 11.3 Å². The van der Waals surface area contributed by atoms with Gasteiger partial charge in [0.15, 0.2) is 5.78 Å². The smallest absolute Gasteiger partial charge is 0.311 e. The highest BCUT2D eigenvalue weighted by Crippen LogP contribution is 2.32. The maximum Gasteiger partial charge on any atom is 0.311 e. The zero-order valence-corrected chi connectivity index (χ0v) is 15.4. The van der Waals surface area contributed by atoms with E-state index in [1.54, 1.807) is 17.4 Å². The molecule has 0 N–H and O–H groups in total. The summed E-state index contributed by atoms with van der Waals surface area (Å²) >= 11 is 1.60. The van der Waals surface area contributed by atoms with E-state index in [0.29, 0.717) is 24.2 Å². The Balaban J connectivity index is 1.47. The summed E-state index contributed by atoms with van der Waals surface area (Å²) in [6.07, 6.45) is 3.04. The van der Waals surface area contributed by atoms with Crippen LogP contribution < -0.4 is 4.74 Å². The molecule has 0 radical (unpaired) electrons. The Morgan fingerprint density at radius 3 is 2.88 bits per heavy atom. The van der Waals surface area contributed by atoms with Crippen LogP contribution in [0.1, 0.15) is 45.8 Å². The van der Waals surface area contributed by atoms with E-state index in [4.69, 9.17) is 4.74 Å². The normalized spacial score (nSPS) is 13.7. The van der Waals surface area contributed by atoms with E-state index < -0.39 is 0 Å². The molecular formula is C21H19NO3S. The molecule has 0 saturated carbocycles. The van der Waals surface area contributed by atoms with E-state index >= 15 is 0 Å². The number of hydrogen-bond acceptors (Lipinski definition) is 5. The van der Waals surface area contributed by atoms with Crippen molar-refractivity contribution < 1.29 is 14.3 Å². The second-order valence-electron chi connectivity index (χ2n) is 6.56. The van der Waals surface area contributed by atoms with Crippen LogP contribution in [0.4, 0.5) is 0 Å². The minimum Gasteiger partial charge on any atom is -0.426 e. The summed E-state index contributed by atoms with van der Waals surface area (Å²) in [5, 5.41) is 0.921. The number of fused-ring (bicyclic) bond motifs is 2. The maximum absolute atomic E-state index is 12.3. The van der Waals surface area contributed by atoms with E-state index in [1.165, 1.54) is 0 Å². The first-order chi connectivity index (χ1) is 12.6. The van der Waals surface area contributed by atoms with Crippen molar-refractivity contribution in [2.45, 2.75) is 39.0 Å². The molecule has 0 aliphatic heterocycles. The van der Waals surface area contributed by atoms with Gasteiger partial charge in [-0.25, -0.2) is 4.98 Å². The van der Waals surface area contributed by atoms with Gasteiger partial charge in [0.05, 0.1) is 27.2 Å². The lowest BCUT2D eigenvalue weighted by Gasteiger charge is -2.19. The van der Waals surface area contributed by atoms with Crippen LogP contribution in [0.25, 0.3) is 10.2 Å². The topological polar surface area (TPSA) is 56.3 Å². The molecule has 0 saturated heterocycles. The molecule has 1 heterocycles. The van der Waals surface area contributed by atoms with Crippen LogP contribution in [-0.4, -0.2) is 16.7 Å². The van der Waals surface area contributed by atoms with Crippen LogP contribution in [0.3, 0.4) is 0 Å². The van der Waals surface area contributed by atoms with Gasteiger partial charge in [-0.05, 0) is 49.1 Å². The number of thiazole rings is 1. The third-order valence-electron chi connectivity index (χ3n) is 4.72. The van der Waals surface area contributed by atoms with Crippen LogP contribution in [0.15, 0.2) is 36.4 Å². The lowest BCUT2D eigenvalue weighted by Crippen LogP contribution is -2.17. The van der Waals surface area contributed by atoms with Gasteiger partial charge >= 0.3 is 5.97 Å².